The zero-order valence-corrected chi connectivity index (χ0v) is 14.4. The number of rotatable bonds is 5. The Morgan fingerprint density at radius 2 is 2.05 bits per heavy atom. The third-order valence-corrected chi connectivity index (χ3v) is 3.89. The number of anilines is 2. The standard InChI is InChI=1S/C16H19BrN4O/c1-4-10(2)18-16-19-11(3)9-14(21-16)15(22)20-13-8-6-5-7-12(13)17/h5-10H,4H2,1-3H3,(H,20,22)(H,18,19,21). The van der Waals surface area contributed by atoms with Gasteiger partial charge in [-0.05, 0) is 54.4 Å². The fourth-order valence-electron chi connectivity index (χ4n) is 1.82. The number of benzene rings is 1. The highest BCUT2D eigenvalue weighted by Crippen LogP contribution is 2.21. The van der Waals surface area contributed by atoms with Crippen molar-refractivity contribution < 1.29 is 4.79 Å². The van der Waals surface area contributed by atoms with Gasteiger partial charge in [-0.2, -0.15) is 0 Å². The molecule has 0 radical (unpaired) electrons. The van der Waals surface area contributed by atoms with Gasteiger partial charge in [0.2, 0.25) is 5.95 Å². The van der Waals surface area contributed by atoms with Crippen LogP contribution in [0.25, 0.3) is 0 Å². The highest BCUT2D eigenvalue weighted by atomic mass is 79.9. The highest BCUT2D eigenvalue weighted by Gasteiger charge is 2.13. The van der Waals surface area contributed by atoms with Crippen molar-refractivity contribution in [2.75, 3.05) is 10.6 Å². The smallest absolute Gasteiger partial charge is 0.274 e. The number of halogens is 1. The number of aryl methyl sites for hydroxylation is 1. The largest absolute Gasteiger partial charge is 0.352 e. The number of carbonyl (C=O) groups excluding carboxylic acids is 1. The number of nitrogens with one attached hydrogen (secondary N) is 2. The van der Waals surface area contributed by atoms with Crippen LogP contribution in [0.2, 0.25) is 0 Å². The Bertz CT molecular complexity index is 675. The lowest BCUT2D eigenvalue weighted by Crippen LogP contribution is -2.19. The van der Waals surface area contributed by atoms with Crippen LogP contribution in [0.15, 0.2) is 34.8 Å². The van der Waals surface area contributed by atoms with Gasteiger partial charge in [-0.3, -0.25) is 4.79 Å². The predicted octanol–water partition coefficient (Wildman–Crippen LogP) is 4.01. The molecule has 1 aromatic carbocycles. The van der Waals surface area contributed by atoms with Crippen molar-refractivity contribution in [1.29, 1.82) is 0 Å². The first-order chi connectivity index (χ1) is 10.5. The summed E-state index contributed by atoms with van der Waals surface area (Å²) in [5.41, 5.74) is 1.80. The Balaban J connectivity index is 2.21. The Hall–Kier alpha value is -1.95. The molecule has 1 heterocycles. The van der Waals surface area contributed by atoms with Gasteiger partial charge in [0.15, 0.2) is 0 Å². The molecule has 0 fully saturated rings. The molecular weight excluding hydrogens is 344 g/mol. The number of aromatic nitrogens is 2. The van der Waals surface area contributed by atoms with Crippen LogP contribution in [0.4, 0.5) is 11.6 Å². The van der Waals surface area contributed by atoms with Crippen LogP contribution in [0.5, 0.6) is 0 Å². The predicted molar refractivity (Wildman–Crippen MR) is 92.2 cm³/mol. The Morgan fingerprint density at radius 3 is 2.73 bits per heavy atom. The third kappa shape index (κ3) is 4.27. The Morgan fingerprint density at radius 1 is 1.32 bits per heavy atom. The second-order valence-electron chi connectivity index (χ2n) is 5.11. The molecule has 1 atom stereocenters. The summed E-state index contributed by atoms with van der Waals surface area (Å²) in [5.74, 6) is 0.219. The number of hydrogen-bond acceptors (Lipinski definition) is 4. The molecule has 0 spiro atoms. The lowest BCUT2D eigenvalue weighted by atomic mass is 10.2. The third-order valence-electron chi connectivity index (χ3n) is 3.20. The first kappa shape index (κ1) is 16.4. The van der Waals surface area contributed by atoms with E-state index in [0.29, 0.717) is 17.3 Å². The maximum absolute atomic E-state index is 12.4. The lowest BCUT2D eigenvalue weighted by molar-refractivity contribution is 0.102. The van der Waals surface area contributed by atoms with Gasteiger partial charge in [0, 0.05) is 16.2 Å². The summed E-state index contributed by atoms with van der Waals surface area (Å²) in [6, 6.07) is 9.38. The number of amides is 1. The van der Waals surface area contributed by atoms with E-state index in [4.69, 9.17) is 0 Å². The van der Waals surface area contributed by atoms with Gasteiger partial charge in [-0.15, -0.1) is 0 Å². The molecule has 5 nitrogen and oxygen atoms in total. The van der Waals surface area contributed by atoms with Crippen LogP contribution < -0.4 is 10.6 Å². The SMILES string of the molecule is CCC(C)Nc1nc(C)cc(C(=O)Nc2ccccc2Br)n1. The van der Waals surface area contributed by atoms with Crippen molar-refractivity contribution >= 4 is 33.5 Å². The van der Waals surface area contributed by atoms with Gasteiger partial charge in [-0.25, -0.2) is 9.97 Å². The maximum Gasteiger partial charge on any atom is 0.274 e. The molecule has 1 aromatic heterocycles. The number of hydrogen-bond donors (Lipinski definition) is 2. The summed E-state index contributed by atoms with van der Waals surface area (Å²) in [6.45, 7) is 5.97. The molecule has 0 saturated carbocycles. The topological polar surface area (TPSA) is 66.9 Å². The van der Waals surface area contributed by atoms with E-state index in [0.717, 1.165) is 16.6 Å². The molecule has 0 aliphatic rings. The van der Waals surface area contributed by atoms with E-state index >= 15 is 0 Å². The van der Waals surface area contributed by atoms with E-state index in [1.807, 2.05) is 38.1 Å². The zero-order chi connectivity index (χ0) is 16.1. The van der Waals surface area contributed by atoms with E-state index in [2.05, 4.69) is 43.5 Å². The highest BCUT2D eigenvalue weighted by molar-refractivity contribution is 9.10. The van der Waals surface area contributed by atoms with Gasteiger partial charge in [0.05, 0.1) is 5.69 Å². The Kier molecular flexibility index (Phi) is 5.49. The van der Waals surface area contributed by atoms with Gasteiger partial charge >= 0.3 is 0 Å². The minimum atomic E-state index is -0.260. The summed E-state index contributed by atoms with van der Waals surface area (Å²) in [7, 11) is 0. The summed E-state index contributed by atoms with van der Waals surface area (Å²) < 4.78 is 0.826. The molecule has 6 heteroatoms. The zero-order valence-electron chi connectivity index (χ0n) is 12.9. The minimum Gasteiger partial charge on any atom is -0.352 e. The molecule has 0 saturated heterocycles. The Labute approximate surface area is 138 Å². The summed E-state index contributed by atoms with van der Waals surface area (Å²) in [5, 5.41) is 6.04. The molecule has 1 amide bonds. The van der Waals surface area contributed by atoms with Crippen molar-refractivity contribution in [3.63, 3.8) is 0 Å². The van der Waals surface area contributed by atoms with E-state index in [9.17, 15) is 4.79 Å². The average Bonchev–Trinajstić information content (AvgIpc) is 2.48. The monoisotopic (exact) mass is 362 g/mol. The first-order valence-electron chi connectivity index (χ1n) is 7.17. The van der Waals surface area contributed by atoms with Crippen molar-refractivity contribution in [2.24, 2.45) is 0 Å². The van der Waals surface area contributed by atoms with Crippen molar-refractivity contribution in [1.82, 2.24) is 9.97 Å². The van der Waals surface area contributed by atoms with Crippen LogP contribution in [-0.2, 0) is 0 Å². The molecule has 0 aliphatic heterocycles. The average molecular weight is 363 g/mol. The number of para-hydroxylation sites is 1. The van der Waals surface area contributed by atoms with Crippen LogP contribution in [0, 0.1) is 6.92 Å². The van der Waals surface area contributed by atoms with Gasteiger partial charge in [0.25, 0.3) is 5.91 Å². The second-order valence-corrected chi connectivity index (χ2v) is 5.96. The molecular formula is C16H19BrN4O. The van der Waals surface area contributed by atoms with Crippen molar-refractivity contribution in [3.8, 4) is 0 Å². The van der Waals surface area contributed by atoms with Crippen LogP contribution in [0.3, 0.4) is 0 Å². The first-order valence-corrected chi connectivity index (χ1v) is 7.97. The quantitative estimate of drug-likeness (QED) is 0.842. The summed E-state index contributed by atoms with van der Waals surface area (Å²) >= 11 is 3.41. The van der Waals surface area contributed by atoms with Crippen LogP contribution in [-0.4, -0.2) is 21.9 Å². The van der Waals surface area contributed by atoms with Gasteiger partial charge in [-0.1, -0.05) is 19.1 Å². The normalized spacial score (nSPS) is 11.8. The molecule has 1 unspecified atom stereocenters. The molecule has 2 rings (SSSR count). The fraction of sp³-hybridized carbons (Fsp3) is 0.312. The molecule has 2 aromatic rings. The number of carbonyl (C=O) groups is 1. The van der Waals surface area contributed by atoms with E-state index in [1.165, 1.54) is 0 Å². The van der Waals surface area contributed by atoms with E-state index < -0.39 is 0 Å². The van der Waals surface area contributed by atoms with Gasteiger partial charge in [0.1, 0.15) is 5.69 Å². The van der Waals surface area contributed by atoms with Gasteiger partial charge < -0.3 is 10.6 Å². The number of nitrogens with zero attached hydrogens (tertiary/aromatic N) is 2. The van der Waals surface area contributed by atoms with Crippen LogP contribution in [0.1, 0.15) is 36.5 Å². The van der Waals surface area contributed by atoms with Crippen LogP contribution >= 0.6 is 15.9 Å². The second kappa shape index (κ2) is 7.35. The summed E-state index contributed by atoms with van der Waals surface area (Å²) in [6.07, 6.45) is 0.954. The molecule has 22 heavy (non-hydrogen) atoms. The minimum absolute atomic E-state index is 0.251. The fourth-order valence-corrected chi connectivity index (χ4v) is 2.20. The van der Waals surface area contributed by atoms with E-state index in [1.54, 1.807) is 6.07 Å². The lowest BCUT2D eigenvalue weighted by Gasteiger charge is -2.13. The maximum atomic E-state index is 12.4. The molecule has 2 N–H and O–H groups in total. The molecule has 0 aliphatic carbocycles. The molecule has 116 valence electrons. The van der Waals surface area contributed by atoms with Crippen molar-refractivity contribution in [3.05, 3.63) is 46.2 Å². The molecule has 0 bridgehead atoms. The van der Waals surface area contributed by atoms with E-state index in [-0.39, 0.29) is 11.9 Å². The summed E-state index contributed by atoms with van der Waals surface area (Å²) in [4.78, 5) is 21.0. The van der Waals surface area contributed by atoms with Crippen molar-refractivity contribution in [2.45, 2.75) is 33.2 Å².